The number of benzene rings is 1. The number of aromatic nitrogens is 3. The van der Waals surface area contributed by atoms with Gasteiger partial charge < -0.3 is 10.3 Å². The van der Waals surface area contributed by atoms with Crippen molar-refractivity contribution in [2.24, 2.45) is 0 Å². The van der Waals surface area contributed by atoms with Crippen LogP contribution in [0.2, 0.25) is 0 Å². The molecule has 1 atom stereocenters. The van der Waals surface area contributed by atoms with Crippen molar-refractivity contribution in [1.82, 2.24) is 20.1 Å². The summed E-state index contributed by atoms with van der Waals surface area (Å²) in [7, 11) is 0. The molecule has 1 aromatic carbocycles. The summed E-state index contributed by atoms with van der Waals surface area (Å²) < 4.78 is 1.87. The average molecular weight is 398 g/mol. The van der Waals surface area contributed by atoms with E-state index in [0.717, 1.165) is 5.69 Å². The number of hydrogen-bond acceptors (Lipinski definition) is 4. The normalized spacial score (nSPS) is 11.5. The molecular weight excluding hydrogens is 386 g/mol. The number of nitrogens with zero attached hydrogens (tertiary/aromatic N) is 3. The molecule has 25 heavy (non-hydrogen) atoms. The Morgan fingerprint density at radius 3 is 2.80 bits per heavy atom. The minimum Gasteiger partial charge on any atom is -0.332 e. The summed E-state index contributed by atoms with van der Waals surface area (Å²) in [5, 5.41) is 16.2. The van der Waals surface area contributed by atoms with E-state index in [1.807, 2.05) is 36.4 Å². The number of para-hydroxylation sites is 1. The van der Waals surface area contributed by atoms with Crippen LogP contribution in [0.15, 0.2) is 64.3 Å². The molecule has 1 amide bonds. The van der Waals surface area contributed by atoms with Gasteiger partial charge in [0.15, 0.2) is 0 Å². The number of carbonyl (C=O) groups excluding carboxylic acids is 1. The van der Waals surface area contributed by atoms with Gasteiger partial charge in [0.2, 0.25) is 0 Å². The lowest BCUT2D eigenvalue weighted by molar-refractivity contribution is 0.0944. The lowest BCUT2D eigenvalue weighted by atomic mass is 10.1. The highest BCUT2D eigenvalue weighted by Gasteiger charge is 2.18. The quantitative estimate of drug-likeness (QED) is 0.704. The first-order chi connectivity index (χ1) is 12.1. The van der Waals surface area contributed by atoms with Gasteiger partial charge in [-0.05, 0) is 34.1 Å². The van der Waals surface area contributed by atoms with Crippen molar-refractivity contribution < 1.29 is 4.79 Å². The number of nitrogens with one attached hydrogen (secondary N) is 2. The Balaban J connectivity index is 1.80. The number of H-pyrrole nitrogens is 1. The summed E-state index contributed by atoms with van der Waals surface area (Å²) >= 11 is 3.07. The van der Waals surface area contributed by atoms with Crippen LogP contribution in [0, 0.1) is 11.3 Å². The summed E-state index contributed by atoms with van der Waals surface area (Å²) in [6.07, 6.45) is 4.51. The SMILES string of the molecule is N#CC(NC(=O)c1c[nH]c(=O)c(Br)c1)c1cnn(-c2ccccc2)c1. The minimum absolute atomic E-state index is 0.238. The minimum atomic E-state index is -0.865. The van der Waals surface area contributed by atoms with Crippen LogP contribution in [0.5, 0.6) is 0 Å². The summed E-state index contributed by atoms with van der Waals surface area (Å²) in [5.74, 6) is -0.476. The smallest absolute Gasteiger partial charge is 0.262 e. The maximum atomic E-state index is 12.3. The fourth-order valence-electron chi connectivity index (χ4n) is 2.20. The van der Waals surface area contributed by atoms with Crippen molar-refractivity contribution in [3.63, 3.8) is 0 Å². The summed E-state index contributed by atoms with van der Waals surface area (Å²) in [6.45, 7) is 0. The summed E-state index contributed by atoms with van der Waals surface area (Å²) in [4.78, 5) is 26.1. The van der Waals surface area contributed by atoms with E-state index in [9.17, 15) is 14.9 Å². The maximum absolute atomic E-state index is 12.3. The van der Waals surface area contributed by atoms with Crippen LogP contribution in [0.1, 0.15) is 22.0 Å². The molecule has 8 heteroatoms. The Labute approximate surface area is 151 Å². The molecule has 3 rings (SSSR count). The van der Waals surface area contributed by atoms with E-state index in [2.05, 4.69) is 31.3 Å². The third-order valence-electron chi connectivity index (χ3n) is 3.48. The second-order valence-corrected chi connectivity index (χ2v) is 6.01. The van der Waals surface area contributed by atoms with Crippen molar-refractivity contribution in [3.05, 3.63) is 80.9 Å². The number of nitriles is 1. The van der Waals surface area contributed by atoms with Gasteiger partial charge in [0, 0.05) is 18.0 Å². The zero-order valence-electron chi connectivity index (χ0n) is 12.8. The van der Waals surface area contributed by atoms with E-state index in [1.54, 1.807) is 10.9 Å². The zero-order valence-corrected chi connectivity index (χ0v) is 14.4. The maximum Gasteiger partial charge on any atom is 0.262 e. The van der Waals surface area contributed by atoms with Gasteiger partial charge in [-0.2, -0.15) is 10.4 Å². The highest BCUT2D eigenvalue weighted by molar-refractivity contribution is 9.10. The fraction of sp³-hybridized carbons (Fsp3) is 0.0588. The molecule has 2 N–H and O–H groups in total. The van der Waals surface area contributed by atoms with Crippen LogP contribution in [0.3, 0.4) is 0 Å². The van der Waals surface area contributed by atoms with E-state index in [4.69, 9.17) is 0 Å². The molecule has 2 heterocycles. The van der Waals surface area contributed by atoms with E-state index < -0.39 is 11.9 Å². The van der Waals surface area contributed by atoms with Crippen LogP contribution in [0.4, 0.5) is 0 Å². The van der Waals surface area contributed by atoms with Crippen LogP contribution < -0.4 is 10.9 Å². The Bertz CT molecular complexity index is 1000. The molecule has 124 valence electrons. The molecule has 7 nitrogen and oxygen atoms in total. The average Bonchev–Trinajstić information content (AvgIpc) is 3.12. The van der Waals surface area contributed by atoms with Gasteiger partial charge in [0.25, 0.3) is 11.5 Å². The Morgan fingerprint density at radius 1 is 1.36 bits per heavy atom. The second kappa shape index (κ2) is 7.15. The Morgan fingerprint density at radius 2 is 2.12 bits per heavy atom. The number of amides is 1. The van der Waals surface area contributed by atoms with E-state index in [1.165, 1.54) is 18.5 Å². The first-order valence-corrected chi connectivity index (χ1v) is 8.06. The molecule has 0 aliphatic rings. The number of hydrogen-bond donors (Lipinski definition) is 2. The molecule has 0 aliphatic heterocycles. The Kier molecular flexibility index (Phi) is 4.77. The third kappa shape index (κ3) is 3.67. The monoisotopic (exact) mass is 397 g/mol. The number of pyridine rings is 1. The highest BCUT2D eigenvalue weighted by atomic mass is 79.9. The largest absolute Gasteiger partial charge is 0.332 e. The van der Waals surface area contributed by atoms with Gasteiger partial charge in [-0.25, -0.2) is 4.68 Å². The molecule has 1 unspecified atom stereocenters. The molecule has 0 spiro atoms. The molecule has 2 aromatic heterocycles. The first-order valence-electron chi connectivity index (χ1n) is 7.27. The zero-order chi connectivity index (χ0) is 17.8. The first kappa shape index (κ1) is 16.7. The predicted octanol–water partition coefficient (Wildman–Crippen LogP) is 2.32. The molecule has 3 aromatic rings. The summed E-state index contributed by atoms with van der Waals surface area (Å²) in [6, 6.07) is 12.0. The van der Waals surface area contributed by atoms with Crippen LogP contribution in [0.25, 0.3) is 5.69 Å². The van der Waals surface area contributed by atoms with Gasteiger partial charge >= 0.3 is 0 Å². The number of aromatic amines is 1. The molecule has 0 aliphatic carbocycles. The standard InChI is InChI=1S/C17H12BrN5O2/c18-14-6-11(8-20-17(14)25)16(24)22-15(7-19)12-9-21-23(10-12)13-4-2-1-3-5-13/h1-6,8-10,15H,(H,20,25)(H,22,24). The summed E-state index contributed by atoms with van der Waals surface area (Å²) in [5.41, 5.74) is 1.31. The van der Waals surface area contributed by atoms with Gasteiger partial charge in [-0.15, -0.1) is 0 Å². The highest BCUT2D eigenvalue weighted by Crippen LogP contribution is 2.15. The number of rotatable bonds is 4. The van der Waals surface area contributed by atoms with Crippen LogP contribution >= 0.6 is 15.9 Å². The topological polar surface area (TPSA) is 104 Å². The third-order valence-corrected chi connectivity index (χ3v) is 4.07. The molecule has 0 saturated heterocycles. The van der Waals surface area contributed by atoms with Gasteiger partial charge in [0.05, 0.1) is 28.0 Å². The lowest BCUT2D eigenvalue weighted by Gasteiger charge is -2.10. The Hall–Kier alpha value is -3.18. The predicted molar refractivity (Wildman–Crippen MR) is 94.1 cm³/mol. The van der Waals surface area contributed by atoms with Crippen molar-refractivity contribution >= 4 is 21.8 Å². The van der Waals surface area contributed by atoms with Gasteiger partial charge in [-0.3, -0.25) is 9.59 Å². The fourth-order valence-corrected chi connectivity index (χ4v) is 2.56. The second-order valence-electron chi connectivity index (χ2n) is 5.15. The van der Waals surface area contributed by atoms with Crippen LogP contribution in [-0.4, -0.2) is 20.7 Å². The number of halogens is 1. The molecule has 0 saturated carbocycles. The van der Waals surface area contributed by atoms with Gasteiger partial charge in [0.1, 0.15) is 6.04 Å². The van der Waals surface area contributed by atoms with E-state index in [-0.39, 0.29) is 15.6 Å². The molecule has 0 bridgehead atoms. The van der Waals surface area contributed by atoms with Gasteiger partial charge in [-0.1, -0.05) is 18.2 Å². The van der Waals surface area contributed by atoms with E-state index >= 15 is 0 Å². The van der Waals surface area contributed by atoms with Crippen molar-refractivity contribution in [1.29, 1.82) is 5.26 Å². The number of carbonyl (C=O) groups is 1. The lowest BCUT2D eigenvalue weighted by Crippen LogP contribution is -2.28. The van der Waals surface area contributed by atoms with Crippen molar-refractivity contribution in [3.8, 4) is 11.8 Å². The van der Waals surface area contributed by atoms with Crippen molar-refractivity contribution in [2.45, 2.75) is 6.04 Å². The van der Waals surface area contributed by atoms with E-state index in [0.29, 0.717) is 5.56 Å². The molecule has 0 radical (unpaired) electrons. The van der Waals surface area contributed by atoms with Crippen molar-refractivity contribution in [2.75, 3.05) is 0 Å². The van der Waals surface area contributed by atoms with Crippen LogP contribution in [-0.2, 0) is 0 Å². The molecular formula is C17H12BrN5O2. The molecule has 0 fully saturated rings.